The Labute approximate surface area is 179 Å². The lowest BCUT2D eigenvalue weighted by Crippen LogP contribution is -2.47. The van der Waals surface area contributed by atoms with E-state index in [0.717, 1.165) is 25.6 Å². The summed E-state index contributed by atoms with van der Waals surface area (Å²) in [6.45, 7) is 5.74. The average molecular weight is 439 g/mol. The number of carbonyl (C=O) groups is 1. The van der Waals surface area contributed by atoms with Gasteiger partial charge in [0.15, 0.2) is 0 Å². The van der Waals surface area contributed by atoms with Crippen LogP contribution in [0.15, 0.2) is 36.8 Å². The van der Waals surface area contributed by atoms with Crippen LogP contribution < -0.4 is 4.90 Å². The smallest absolute Gasteiger partial charge is 0.475 e. The first kappa shape index (κ1) is 23.1. The zero-order chi connectivity index (χ0) is 22.5. The third-order valence-electron chi connectivity index (χ3n) is 6.26. The molecule has 0 unspecified atom stereocenters. The van der Waals surface area contributed by atoms with Gasteiger partial charge in [0.2, 0.25) is 5.95 Å². The fourth-order valence-corrected chi connectivity index (χ4v) is 4.21. The molecule has 170 valence electrons. The molecule has 10 heteroatoms. The molecule has 2 aliphatic rings. The molecule has 1 N–H and O–H groups in total. The van der Waals surface area contributed by atoms with Crippen LogP contribution in [0.25, 0.3) is 0 Å². The maximum atomic E-state index is 10.6. The number of halogens is 3. The molecule has 0 amide bonds. The number of carboxylic acids is 1. The summed E-state index contributed by atoms with van der Waals surface area (Å²) >= 11 is 0. The van der Waals surface area contributed by atoms with Gasteiger partial charge in [-0.15, -0.1) is 0 Å². The molecule has 0 aliphatic carbocycles. The molecule has 0 bridgehead atoms. The minimum absolute atomic E-state index is 0.552. The molecule has 2 fully saturated rings. The molecule has 2 saturated heterocycles. The van der Waals surface area contributed by atoms with E-state index in [1.165, 1.54) is 44.5 Å². The van der Waals surface area contributed by atoms with Crippen LogP contribution in [0.5, 0.6) is 0 Å². The second-order valence-electron chi connectivity index (χ2n) is 8.23. The van der Waals surface area contributed by atoms with Gasteiger partial charge >= 0.3 is 12.1 Å². The third kappa shape index (κ3) is 6.19. The predicted octanol–water partition coefficient (Wildman–Crippen LogP) is 3.33. The summed E-state index contributed by atoms with van der Waals surface area (Å²) in [4.78, 5) is 22.7. The fourth-order valence-electron chi connectivity index (χ4n) is 4.21. The molecular weight excluding hydrogens is 411 g/mol. The number of hydrogen-bond acceptors (Lipinski definition) is 5. The number of aromatic nitrogens is 3. The van der Waals surface area contributed by atoms with Gasteiger partial charge < -0.3 is 14.6 Å². The molecule has 2 aliphatic heterocycles. The molecule has 4 heterocycles. The van der Waals surface area contributed by atoms with Crippen LogP contribution in [0.4, 0.5) is 19.1 Å². The first-order chi connectivity index (χ1) is 14.7. The number of rotatable bonds is 3. The minimum atomic E-state index is -5.08. The molecule has 2 aromatic heterocycles. The Balaban J connectivity index is 0.000000339. The monoisotopic (exact) mass is 439 g/mol. The SMILES string of the molecule is Cn1cccc1CN1CCC2(CC1)CCN(c1ncccn1)CC2.O=C(O)C(F)(F)F. The Morgan fingerprint density at radius 3 is 2.10 bits per heavy atom. The van der Waals surface area contributed by atoms with Crippen LogP contribution in [-0.4, -0.2) is 62.9 Å². The van der Waals surface area contributed by atoms with Crippen molar-refractivity contribution in [3.05, 3.63) is 42.5 Å². The van der Waals surface area contributed by atoms with Crippen molar-refractivity contribution >= 4 is 11.9 Å². The van der Waals surface area contributed by atoms with Gasteiger partial charge in [-0.2, -0.15) is 13.2 Å². The Morgan fingerprint density at radius 1 is 1.06 bits per heavy atom. The first-order valence-corrected chi connectivity index (χ1v) is 10.3. The van der Waals surface area contributed by atoms with Crippen LogP contribution in [0.1, 0.15) is 31.4 Å². The van der Waals surface area contributed by atoms with Gasteiger partial charge in [-0.1, -0.05) is 0 Å². The lowest BCUT2D eigenvalue weighted by molar-refractivity contribution is -0.192. The van der Waals surface area contributed by atoms with Gasteiger partial charge in [0.05, 0.1) is 0 Å². The maximum Gasteiger partial charge on any atom is 0.490 e. The van der Waals surface area contributed by atoms with Crippen molar-refractivity contribution in [1.82, 2.24) is 19.4 Å². The zero-order valence-electron chi connectivity index (χ0n) is 17.6. The molecule has 2 aromatic rings. The summed E-state index contributed by atoms with van der Waals surface area (Å²) in [5, 5.41) is 7.12. The third-order valence-corrected chi connectivity index (χ3v) is 6.26. The quantitative estimate of drug-likeness (QED) is 0.791. The number of aryl methyl sites for hydroxylation is 1. The van der Waals surface area contributed by atoms with Gasteiger partial charge in [0.1, 0.15) is 0 Å². The molecule has 1 spiro atoms. The average Bonchev–Trinajstić information content (AvgIpc) is 3.15. The number of alkyl halides is 3. The first-order valence-electron chi connectivity index (χ1n) is 10.3. The molecule has 0 radical (unpaired) electrons. The normalized spacial score (nSPS) is 19.0. The van der Waals surface area contributed by atoms with Crippen molar-refractivity contribution in [3.63, 3.8) is 0 Å². The van der Waals surface area contributed by atoms with Gasteiger partial charge in [-0.25, -0.2) is 14.8 Å². The number of likely N-dealkylation sites (tertiary alicyclic amines) is 1. The zero-order valence-corrected chi connectivity index (χ0v) is 17.6. The van der Waals surface area contributed by atoms with Gasteiger partial charge in [-0.05, 0) is 62.4 Å². The van der Waals surface area contributed by atoms with E-state index in [4.69, 9.17) is 9.90 Å². The van der Waals surface area contributed by atoms with E-state index in [9.17, 15) is 13.2 Å². The summed E-state index contributed by atoms with van der Waals surface area (Å²) in [5.74, 6) is -1.86. The largest absolute Gasteiger partial charge is 0.490 e. The summed E-state index contributed by atoms with van der Waals surface area (Å²) < 4.78 is 34.0. The van der Waals surface area contributed by atoms with Crippen molar-refractivity contribution in [2.45, 2.75) is 38.4 Å². The lowest BCUT2D eigenvalue weighted by atomic mass is 9.71. The molecule has 0 saturated carbocycles. The van der Waals surface area contributed by atoms with E-state index in [1.54, 1.807) is 0 Å². The van der Waals surface area contributed by atoms with Gasteiger partial charge in [-0.3, -0.25) is 4.90 Å². The highest BCUT2D eigenvalue weighted by atomic mass is 19.4. The van der Waals surface area contributed by atoms with Gasteiger partial charge in [0, 0.05) is 51.0 Å². The molecular formula is C21H28F3N5O2. The van der Waals surface area contributed by atoms with E-state index >= 15 is 0 Å². The Bertz CT molecular complexity index is 838. The maximum absolute atomic E-state index is 10.6. The van der Waals surface area contributed by atoms with E-state index in [1.807, 2.05) is 18.5 Å². The van der Waals surface area contributed by atoms with Crippen LogP contribution in [0.3, 0.4) is 0 Å². The van der Waals surface area contributed by atoms with Crippen LogP contribution in [-0.2, 0) is 18.4 Å². The minimum Gasteiger partial charge on any atom is -0.475 e. The van der Waals surface area contributed by atoms with Crippen LogP contribution >= 0.6 is 0 Å². The number of anilines is 1. The van der Waals surface area contributed by atoms with E-state index in [2.05, 4.69) is 49.7 Å². The Kier molecular flexibility index (Phi) is 7.19. The molecule has 7 nitrogen and oxygen atoms in total. The highest BCUT2D eigenvalue weighted by Gasteiger charge is 2.39. The number of hydrogen-bond donors (Lipinski definition) is 1. The van der Waals surface area contributed by atoms with Crippen LogP contribution in [0, 0.1) is 5.41 Å². The summed E-state index contributed by atoms with van der Waals surface area (Å²) in [6.07, 6.45) is 5.97. The predicted molar refractivity (Wildman–Crippen MR) is 110 cm³/mol. The Morgan fingerprint density at radius 2 is 1.61 bits per heavy atom. The Hall–Kier alpha value is -2.62. The number of aliphatic carboxylic acids is 1. The second-order valence-corrected chi connectivity index (χ2v) is 8.23. The lowest BCUT2D eigenvalue weighted by Gasteiger charge is -2.46. The van der Waals surface area contributed by atoms with Crippen molar-refractivity contribution in [1.29, 1.82) is 0 Å². The highest BCUT2D eigenvalue weighted by molar-refractivity contribution is 5.73. The number of carboxylic acid groups (broad SMARTS) is 1. The second kappa shape index (κ2) is 9.67. The summed E-state index contributed by atoms with van der Waals surface area (Å²) in [7, 11) is 2.14. The number of piperidine rings is 2. The van der Waals surface area contributed by atoms with Crippen molar-refractivity contribution in [3.8, 4) is 0 Å². The molecule has 0 atom stereocenters. The van der Waals surface area contributed by atoms with Gasteiger partial charge in [0.25, 0.3) is 0 Å². The van der Waals surface area contributed by atoms with Crippen molar-refractivity contribution in [2.75, 3.05) is 31.1 Å². The molecule has 31 heavy (non-hydrogen) atoms. The fraction of sp³-hybridized carbons (Fsp3) is 0.571. The van der Waals surface area contributed by atoms with E-state index < -0.39 is 12.1 Å². The topological polar surface area (TPSA) is 74.5 Å². The van der Waals surface area contributed by atoms with E-state index in [0.29, 0.717) is 5.41 Å². The molecule has 4 rings (SSSR count). The summed E-state index contributed by atoms with van der Waals surface area (Å²) in [5.41, 5.74) is 1.97. The van der Waals surface area contributed by atoms with Crippen molar-refractivity contribution < 1.29 is 23.1 Å². The molecule has 0 aromatic carbocycles. The van der Waals surface area contributed by atoms with Crippen LogP contribution in [0.2, 0.25) is 0 Å². The highest BCUT2D eigenvalue weighted by Crippen LogP contribution is 2.41. The van der Waals surface area contributed by atoms with Crippen molar-refractivity contribution in [2.24, 2.45) is 12.5 Å². The standard InChI is InChI=1S/C19H27N5.C2HF3O2/c1-22-11-2-4-17(22)16-23-12-5-19(6-13-23)7-14-24(15-8-19)18-20-9-3-10-21-18;3-2(4,5)1(6)7/h2-4,9-11H,5-8,12-16H2,1H3;(H,6,7). The van der Waals surface area contributed by atoms with E-state index in [-0.39, 0.29) is 0 Å². The number of nitrogens with zero attached hydrogens (tertiary/aromatic N) is 5. The summed E-state index contributed by atoms with van der Waals surface area (Å²) in [6, 6.07) is 6.27.